The van der Waals surface area contributed by atoms with Crippen LogP contribution in [0.25, 0.3) is 0 Å². The molecule has 0 saturated heterocycles. The fourth-order valence-electron chi connectivity index (χ4n) is 2.56. The van der Waals surface area contributed by atoms with Crippen LogP contribution < -0.4 is 10.1 Å². The van der Waals surface area contributed by atoms with E-state index in [0.29, 0.717) is 0 Å². The lowest BCUT2D eigenvalue weighted by molar-refractivity contribution is 0.386. The Kier molecular flexibility index (Phi) is 4.40. The van der Waals surface area contributed by atoms with Gasteiger partial charge in [0.2, 0.25) is 0 Å². The number of halogens is 1. The molecule has 0 aliphatic carbocycles. The lowest BCUT2D eigenvalue weighted by Crippen LogP contribution is -2.18. The van der Waals surface area contributed by atoms with E-state index < -0.39 is 0 Å². The molecule has 1 unspecified atom stereocenters. The highest BCUT2D eigenvalue weighted by molar-refractivity contribution is 5.39. The molecule has 0 aliphatic heterocycles. The third kappa shape index (κ3) is 2.99. The molecule has 0 aromatic heterocycles. The maximum absolute atomic E-state index is 13.9. The van der Waals surface area contributed by atoms with Crippen LogP contribution >= 0.6 is 0 Å². The third-order valence-electron chi connectivity index (χ3n) is 3.38. The van der Waals surface area contributed by atoms with Crippen molar-refractivity contribution in [2.75, 3.05) is 14.2 Å². The normalized spacial score (nSPS) is 12.2. The number of hydrogen-bond acceptors (Lipinski definition) is 2. The number of rotatable bonds is 4. The second-order valence-electron chi connectivity index (χ2n) is 5.04. The van der Waals surface area contributed by atoms with Crippen LogP contribution in [0.2, 0.25) is 0 Å². The summed E-state index contributed by atoms with van der Waals surface area (Å²) in [4.78, 5) is 0. The second-order valence-corrected chi connectivity index (χ2v) is 5.04. The summed E-state index contributed by atoms with van der Waals surface area (Å²) in [6, 6.07) is 11.4. The first-order chi connectivity index (χ1) is 9.55. The third-order valence-corrected chi connectivity index (χ3v) is 3.38. The quantitative estimate of drug-likeness (QED) is 0.915. The SMILES string of the molecule is CNC(c1cc(C)cc(C)c1)c1ccc(OC)c(F)c1. The van der Waals surface area contributed by atoms with E-state index in [2.05, 4.69) is 37.4 Å². The molecule has 1 N–H and O–H groups in total. The molecule has 0 radical (unpaired) electrons. The Morgan fingerprint density at radius 2 is 1.65 bits per heavy atom. The number of methoxy groups -OCH3 is 1. The Hall–Kier alpha value is -1.87. The highest BCUT2D eigenvalue weighted by atomic mass is 19.1. The molecule has 20 heavy (non-hydrogen) atoms. The van der Waals surface area contributed by atoms with Crippen LogP contribution in [0.15, 0.2) is 36.4 Å². The minimum absolute atomic E-state index is 0.0333. The predicted molar refractivity (Wildman–Crippen MR) is 79.8 cm³/mol. The van der Waals surface area contributed by atoms with Crippen molar-refractivity contribution in [3.05, 3.63) is 64.5 Å². The first-order valence-electron chi connectivity index (χ1n) is 6.64. The van der Waals surface area contributed by atoms with E-state index in [-0.39, 0.29) is 17.6 Å². The molecule has 0 spiro atoms. The zero-order valence-electron chi connectivity index (χ0n) is 12.3. The highest BCUT2D eigenvalue weighted by Crippen LogP contribution is 2.27. The average Bonchev–Trinajstić information content (AvgIpc) is 2.38. The summed E-state index contributed by atoms with van der Waals surface area (Å²) in [5.41, 5.74) is 4.42. The molecule has 0 heterocycles. The van der Waals surface area contributed by atoms with Gasteiger partial charge in [-0.3, -0.25) is 0 Å². The summed E-state index contributed by atoms with van der Waals surface area (Å²) >= 11 is 0. The summed E-state index contributed by atoms with van der Waals surface area (Å²) in [5, 5.41) is 3.25. The molecular weight excluding hydrogens is 253 g/mol. The van der Waals surface area contributed by atoms with Crippen LogP contribution in [-0.2, 0) is 0 Å². The van der Waals surface area contributed by atoms with Crippen molar-refractivity contribution in [1.29, 1.82) is 0 Å². The Labute approximate surface area is 119 Å². The summed E-state index contributed by atoms with van der Waals surface area (Å²) < 4.78 is 18.8. The van der Waals surface area contributed by atoms with E-state index in [1.54, 1.807) is 6.07 Å². The molecule has 0 saturated carbocycles. The minimum Gasteiger partial charge on any atom is -0.494 e. The van der Waals surface area contributed by atoms with Crippen LogP contribution in [-0.4, -0.2) is 14.2 Å². The van der Waals surface area contributed by atoms with Crippen molar-refractivity contribution >= 4 is 0 Å². The minimum atomic E-state index is -0.338. The van der Waals surface area contributed by atoms with Crippen molar-refractivity contribution in [2.24, 2.45) is 0 Å². The van der Waals surface area contributed by atoms with Gasteiger partial charge in [0.25, 0.3) is 0 Å². The topological polar surface area (TPSA) is 21.3 Å². The molecule has 1 atom stereocenters. The van der Waals surface area contributed by atoms with Gasteiger partial charge in [-0.15, -0.1) is 0 Å². The van der Waals surface area contributed by atoms with Gasteiger partial charge in [-0.2, -0.15) is 0 Å². The van der Waals surface area contributed by atoms with Crippen molar-refractivity contribution in [1.82, 2.24) is 5.32 Å². The maximum Gasteiger partial charge on any atom is 0.165 e. The number of nitrogens with one attached hydrogen (secondary N) is 1. The van der Waals surface area contributed by atoms with E-state index in [1.807, 2.05) is 13.1 Å². The van der Waals surface area contributed by atoms with E-state index in [0.717, 1.165) is 11.1 Å². The Balaban J connectivity index is 2.44. The zero-order chi connectivity index (χ0) is 14.7. The lowest BCUT2D eigenvalue weighted by atomic mass is 9.95. The van der Waals surface area contributed by atoms with Gasteiger partial charge in [-0.25, -0.2) is 4.39 Å². The Bertz CT molecular complexity index is 590. The molecule has 0 amide bonds. The molecule has 0 fully saturated rings. The van der Waals surface area contributed by atoms with E-state index >= 15 is 0 Å². The smallest absolute Gasteiger partial charge is 0.165 e. The summed E-state index contributed by atoms with van der Waals surface area (Å²) in [7, 11) is 3.35. The van der Waals surface area contributed by atoms with Crippen molar-refractivity contribution < 1.29 is 9.13 Å². The van der Waals surface area contributed by atoms with Gasteiger partial charge < -0.3 is 10.1 Å². The number of benzene rings is 2. The second kappa shape index (κ2) is 6.06. The van der Waals surface area contributed by atoms with Crippen molar-refractivity contribution in [2.45, 2.75) is 19.9 Å². The molecule has 2 aromatic carbocycles. The average molecular weight is 273 g/mol. The van der Waals surface area contributed by atoms with Crippen molar-refractivity contribution in [3.8, 4) is 5.75 Å². The van der Waals surface area contributed by atoms with E-state index in [4.69, 9.17) is 4.74 Å². The first-order valence-corrected chi connectivity index (χ1v) is 6.64. The Morgan fingerprint density at radius 3 is 2.15 bits per heavy atom. The largest absolute Gasteiger partial charge is 0.494 e. The number of hydrogen-bond donors (Lipinski definition) is 1. The first kappa shape index (κ1) is 14.5. The fraction of sp³-hybridized carbons (Fsp3) is 0.294. The standard InChI is InChI=1S/C17H20FNO/c1-11-7-12(2)9-14(8-11)17(19-3)13-5-6-16(20-4)15(18)10-13/h5-10,17,19H,1-4H3. The zero-order valence-corrected chi connectivity index (χ0v) is 12.3. The predicted octanol–water partition coefficient (Wildman–Crippen LogP) is 3.76. The van der Waals surface area contributed by atoms with Gasteiger partial charge in [0.15, 0.2) is 11.6 Å². The summed E-state index contributed by atoms with van der Waals surface area (Å²) in [6.07, 6.45) is 0. The number of aryl methyl sites for hydroxylation is 2. The number of ether oxygens (including phenoxy) is 1. The summed E-state index contributed by atoms with van der Waals surface area (Å²) in [5.74, 6) is -0.0707. The molecule has 0 bridgehead atoms. The molecule has 106 valence electrons. The summed E-state index contributed by atoms with van der Waals surface area (Å²) in [6.45, 7) is 4.13. The fourth-order valence-corrected chi connectivity index (χ4v) is 2.56. The van der Waals surface area contributed by atoms with Gasteiger partial charge in [0.05, 0.1) is 13.2 Å². The highest BCUT2D eigenvalue weighted by Gasteiger charge is 2.15. The van der Waals surface area contributed by atoms with Crippen LogP contribution in [0.3, 0.4) is 0 Å². The molecule has 0 aliphatic rings. The van der Waals surface area contributed by atoms with Crippen molar-refractivity contribution in [3.63, 3.8) is 0 Å². The van der Waals surface area contributed by atoms with E-state index in [9.17, 15) is 4.39 Å². The van der Waals surface area contributed by atoms with Gasteiger partial charge in [0.1, 0.15) is 0 Å². The lowest BCUT2D eigenvalue weighted by Gasteiger charge is -2.19. The van der Waals surface area contributed by atoms with Crippen LogP contribution in [0.4, 0.5) is 4.39 Å². The molecule has 2 aromatic rings. The van der Waals surface area contributed by atoms with Gasteiger partial charge >= 0.3 is 0 Å². The van der Waals surface area contributed by atoms with Gasteiger partial charge in [-0.1, -0.05) is 35.4 Å². The Morgan fingerprint density at radius 1 is 1.00 bits per heavy atom. The molecule has 2 rings (SSSR count). The van der Waals surface area contributed by atoms with E-state index in [1.165, 1.54) is 24.3 Å². The monoisotopic (exact) mass is 273 g/mol. The molecule has 2 nitrogen and oxygen atoms in total. The van der Waals surface area contributed by atoms with Crippen LogP contribution in [0, 0.1) is 19.7 Å². The molecular formula is C17H20FNO. The van der Waals surface area contributed by atoms with Gasteiger partial charge in [0, 0.05) is 0 Å². The maximum atomic E-state index is 13.9. The van der Waals surface area contributed by atoms with Crippen LogP contribution in [0.5, 0.6) is 5.75 Å². The van der Waals surface area contributed by atoms with Gasteiger partial charge in [-0.05, 0) is 44.2 Å². The molecule has 3 heteroatoms. The van der Waals surface area contributed by atoms with Crippen LogP contribution in [0.1, 0.15) is 28.3 Å².